The molecule has 0 aliphatic carbocycles. The number of hydrogen-bond acceptors (Lipinski definition) is 3. The molecule has 0 amide bonds. The Balaban J connectivity index is 2.99. The third kappa shape index (κ3) is 18.9. The number of carboxylic acid groups (broad SMARTS) is 2. The lowest BCUT2D eigenvalue weighted by Crippen LogP contribution is -2.19. The second-order valence-corrected chi connectivity index (χ2v) is 5.93. The molecule has 0 atom stereocenters. The molecule has 0 bridgehead atoms. The van der Waals surface area contributed by atoms with Gasteiger partial charge in [-0.05, 0) is 19.4 Å². The molecule has 0 unspecified atom stereocenters. The van der Waals surface area contributed by atoms with Gasteiger partial charge in [-0.3, -0.25) is 9.59 Å². The number of hydrogen-bond donors (Lipinski definition) is 3. The predicted molar refractivity (Wildman–Crippen MR) is 88.2 cm³/mol. The molecular weight excluding hydrogens is 282 g/mol. The lowest BCUT2D eigenvalue weighted by Gasteiger charge is -2.04. The topological polar surface area (TPSA) is 86.6 Å². The van der Waals surface area contributed by atoms with Gasteiger partial charge < -0.3 is 15.5 Å². The Labute approximate surface area is 134 Å². The van der Waals surface area contributed by atoms with Gasteiger partial charge in [0, 0.05) is 13.0 Å². The van der Waals surface area contributed by atoms with Crippen LogP contribution in [0.1, 0.15) is 83.5 Å². The van der Waals surface area contributed by atoms with E-state index in [0.29, 0.717) is 13.0 Å². The zero-order valence-electron chi connectivity index (χ0n) is 13.8. The smallest absolute Gasteiger partial charge is 0.304 e. The molecule has 0 spiro atoms. The van der Waals surface area contributed by atoms with Crippen LogP contribution in [0.2, 0.25) is 0 Å². The zero-order chi connectivity index (χ0) is 16.5. The standard InChI is InChI=1S/C17H33NO4/c19-16(20)12-10-8-6-4-2-1-3-5-7-9-11-14-18-15-13-17(21)22/h18H,1-15H2,(H,19,20)(H,21,22). The average Bonchev–Trinajstić information content (AvgIpc) is 2.46. The van der Waals surface area contributed by atoms with E-state index >= 15 is 0 Å². The highest BCUT2D eigenvalue weighted by Crippen LogP contribution is 2.11. The normalized spacial score (nSPS) is 10.7. The molecule has 5 nitrogen and oxygen atoms in total. The van der Waals surface area contributed by atoms with Crippen molar-refractivity contribution in [2.75, 3.05) is 13.1 Å². The SMILES string of the molecule is O=C(O)CCCCCCCCCCCCCNCCC(=O)O. The first-order valence-corrected chi connectivity index (χ1v) is 8.77. The Morgan fingerprint density at radius 1 is 0.545 bits per heavy atom. The summed E-state index contributed by atoms with van der Waals surface area (Å²) in [5.74, 6) is -1.42. The van der Waals surface area contributed by atoms with Gasteiger partial charge in [0.05, 0.1) is 6.42 Å². The summed E-state index contributed by atoms with van der Waals surface area (Å²) < 4.78 is 0. The first-order valence-electron chi connectivity index (χ1n) is 8.77. The highest BCUT2D eigenvalue weighted by molar-refractivity contribution is 5.67. The van der Waals surface area contributed by atoms with Gasteiger partial charge in [0.15, 0.2) is 0 Å². The van der Waals surface area contributed by atoms with Gasteiger partial charge in [-0.15, -0.1) is 0 Å². The van der Waals surface area contributed by atoms with Gasteiger partial charge in [-0.1, -0.05) is 57.8 Å². The Morgan fingerprint density at radius 2 is 0.955 bits per heavy atom. The molecule has 5 heteroatoms. The van der Waals surface area contributed by atoms with E-state index in [1.807, 2.05) is 0 Å². The van der Waals surface area contributed by atoms with E-state index in [1.165, 1.54) is 44.9 Å². The van der Waals surface area contributed by atoms with Crippen molar-refractivity contribution in [2.24, 2.45) is 0 Å². The molecule has 3 N–H and O–H groups in total. The van der Waals surface area contributed by atoms with Crippen LogP contribution in [0, 0.1) is 0 Å². The van der Waals surface area contributed by atoms with Crippen LogP contribution in [0.25, 0.3) is 0 Å². The molecule has 130 valence electrons. The molecule has 0 heterocycles. The molecule has 0 saturated heterocycles. The van der Waals surface area contributed by atoms with Crippen LogP contribution in [-0.4, -0.2) is 35.2 Å². The van der Waals surface area contributed by atoms with Crippen LogP contribution < -0.4 is 5.32 Å². The van der Waals surface area contributed by atoms with Crippen LogP contribution in [0.3, 0.4) is 0 Å². The number of aliphatic carboxylic acids is 2. The first kappa shape index (κ1) is 20.9. The van der Waals surface area contributed by atoms with Crippen LogP contribution in [0.4, 0.5) is 0 Å². The number of carboxylic acids is 2. The van der Waals surface area contributed by atoms with Crippen molar-refractivity contribution in [3.8, 4) is 0 Å². The van der Waals surface area contributed by atoms with Crippen LogP contribution in [0.15, 0.2) is 0 Å². The number of unbranched alkanes of at least 4 members (excludes halogenated alkanes) is 10. The molecule has 0 aromatic carbocycles. The van der Waals surface area contributed by atoms with E-state index in [-0.39, 0.29) is 6.42 Å². The summed E-state index contributed by atoms with van der Waals surface area (Å²) in [6.45, 7) is 1.49. The third-order valence-corrected chi connectivity index (χ3v) is 3.76. The fourth-order valence-corrected chi connectivity index (χ4v) is 2.44. The van der Waals surface area contributed by atoms with Crippen molar-refractivity contribution in [2.45, 2.75) is 83.5 Å². The lowest BCUT2D eigenvalue weighted by molar-refractivity contribution is -0.138. The van der Waals surface area contributed by atoms with Crippen molar-refractivity contribution in [1.82, 2.24) is 5.32 Å². The third-order valence-electron chi connectivity index (χ3n) is 3.76. The summed E-state index contributed by atoms with van der Waals surface area (Å²) in [5.41, 5.74) is 0. The summed E-state index contributed by atoms with van der Waals surface area (Å²) in [6.07, 6.45) is 13.5. The second kappa shape index (κ2) is 16.3. The van der Waals surface area contributed by atoms with Crippen LogP contribution >= 0.6 is 0 Å². The number of rotatable bonds is 17. The summed E-state index contributed by atoms with van der Waals surface area (Å²) >= 11 is 0. The molecule has 0 aliphatic rings. The molecule has 0 aromatic rings. The molecular formula is C17H33NO4. The van der Waals surface area contributed by atoms with E-state index in [1.54, 1.807) is 0 Å². The van der Waals surface area contributed by atoms with Crippen molar-refractivity contribution < 1.29 is 19.8 Å². The fraction of sp³-hybridized carbons (Fsp3) is 0.882. The van der Waals surface area contributed by atoms with E-state index in [9.17, 15) is 9.59 Å². The second-order valence-electron chi connectivity index (χ2n) is 5.93. The first-order chi connectivity index (χ1) is 10.6. The quantitative estimate of drug-likeness (QED) is 0.355. The van der Waals surface area contributed by atoms with E-state index in [4.69, 9.17) is 10.2 Å². The van der Waals surface area contributed by atoms with Crippen molar-refractivity contribution in [1.29, 1.82) is 0 Å². The predicted octanol–water partition coefficient (Wildman–Crippen LogP) is 3.82. The Morgan fingerprint density at radius 3 is 1.41 bits per heavy atom. The maximum atomic E-state index is 10.3. The van der Waals surface area contributed by atoms with E-state index in [2.05, 4.69) is 5.32 Å². The molecule has 0 aliphatic heterocycles. The van der Waals surface area contributed by atoms with Gasteiger partial charge >= 0.3 is 11.9 Å². The lowest BCUT2D eigenvalue weighted by atomic mass is 10.1. The Kier molecular flexibility index (Phi) is 15.5. The molecule has 0 saturated carbocycles. The van der Waals surface area contributed by atoms with Crippen LogP contribution in [-0.2, 0) is 9.59 Å². The number of carbonyl (C=O) groups is 2. The monoisotopic (exact) mass is 315 g/mol. The Hall–Kier alpha value is -1.10. The van der Waals surface area contributed by atoms with Gasteiger partial charge in [0.25, 0.3) is 0 Å². The minimum absolute atomic E-state index is 0.205. The van der Waals surface area contributed by atoms with E-state index < -0.39 is 11.9 Å². The van der Waals surface area contributed by atoms with Crippen LogP contribution in [0.5, 0.6) is 0 Å². The molecule has 0 rings (SSSR count). The minimum Gasteiger partial charge on any atom is -0.481 e. The maximum absolute atomic E-state index is 10.3. The summed E-state index contributed by atoms with van der Waals surface area (Å²) in [4.78, 5) is 20.6. The molecule has 0 aromatic heterocycles. The van der Waals surface area contributed by atoms with Gasteiger partial charge in [-0.2, -0.15) is 0 Å². The van der Waals surface area contributed by atoms with Crippen molar-refractivity contribution in [3.05, 3.63) is 0 Å². The average molecular weight is 315 g/mol. The van der Waals surface area contributed by atoms with Crippen molar-refractivity contribution >= 4 is 11.9 Å². The molecule has 0 fully saturated rings. The summed E-state index contributed by atoms with van der Waals surface area (Å²) in [5, 5.41) is 20.1. The van der Waals surface area contributed by atoms with Crippen molar-refractivity contribution in [3.63, 3.8) is 0 Å². The number of nitrogens with one attached hydrogen (secondary N) is 1. The van der Waals surface area contributed by atoms with Gasteiger partial charge in [-0.25, -0.2) is 0 Å². The molecule has 22 heavy (non-hydrogen) atoms. The zero-order valence-corrected chi connectivity index (χ0v) is 13.8. The fourth-order valence-electron chi connectivity index (χ4n) is 2.44. The van der Waals surface area contributed by atoms with E-state index in [0.717, 1.165) is 32.2 Å². The van der Waals surface area contributed by atoms with Gasteiger partial charge in [0.1, 0.15) is 0 Å². The Bertz CT molecular complexity index is 254. The minimum atomic E-state index is -0.741. The molecule has 0 radical (unpaired) electrons. The van der Waals surface area contributed by atoms with Gasteiger partial charge in [0.2, 0.25) is 0 Å². The highest BCUT2D eigenvalue weighted by Gasteiger charge is 1.97. The largest absolute Gasteiger partial charge is 0.481 e. The highest BCUT2D eigenvalue weighted by atomic mass is 16.4. The summed E-state index contributed by atoms with van der Waals surface area (Å²) in [6, 6.07) is 0. The summed E-state index contributed by atoms with van der Waals surface area (Å²) in [7, 11) is 0. The maximum Gasteiger partial charge on any atom is 0.304 e.